The molecule has 3 aromatic carbocycles. The van der Waals surface area contributed by atoms with Crippen LogP contribution in [0.5, 0.6) is 11.5 Å². The number of ether oxygens (including phenoxy) is 4. The molecule has 3 aromatic rings. The van der Waals surface area contributed by atoms with Gasteiger partial charge in [0.1, 0.15) is 11.5 Å². The molecule has 5 N–H and O–H groups in total. The highest BCUT2D eigenvalue weighted by Gasteiger charge is 2.52. The summed E-state index contributed by atoms with van der Waals surface area (Å²) >= 11 is 13.0. The van der Waals surface area contributed by atoms with Crippen LogP contribution in [0.3, 0.4) is 0 Å². The van der Waals surface area contributed by atoms with Crippen LogP contribution in [0.1, 0.15) is 211 Å². The number of benzene rings is 3. The van der Waals surface area contributed by atoms with Crippen LogP contribution in [0.15, 0.2) is 60.7 Å². The number of halogens is 2. The fourth-order valence-electron chi connectivity index (χ4n) is 8.99. The van der Waals surface area contributed by atoms with Crippen LogP contribution in [0.4, 0.5) is 0 Å². The maximum absolute atomic E-state index is 14.1. The van der Waals surface area contributed by atoms with Crippen LogP contribution >= 0.6 is 23.2 Å². The predicted octanol–water partition coefficient (Wildman–Crippen LogP) is 14.3. The van der Waals surface area contributed by atoms with Crippen molar-refractivity contribution in [1.29, 1.82) is 0 Å². The molecule has 0 bridgehead atoms. The van der Waals surface area contributed by atoms with Crippen LogP contribution in [0.25, 0.3) is 0 Å². The Labute approximate surface area is 534 Å². The lowest BCUT2D eigenvalue weighted by Crippen LogP contribution is -2.47. The molecule has 0 fully saturated rings. The van der Waals surface area contributed by atoms with E-state index in [2.05, 4.69) is 84.4 Å². The Morgan fingerprint density at radius 3 is 1.08 bits per heavy atom. The van der Waals surface area contributed by atoms with Gasteiger partial charge < -0.3 is 45.1 Å². The van der Waals surface area contributed by atoms with E-state index in [0.717, 1.165) is 76.0 Å². The second kappa shape index (κ2) is 43.3. The number of aliphatic carboxylic acids is 2. The smallest absolute Gasteiger partial charge is 0.331 e. The number of carboxylic acid groups (broad SMARTS) is 2. The molecular weight excluding hydrogens is 1160 g/mol. The molecule has 2 atom stereocenters. The van der Waals surface area contributed by atoms with Gasteiger partial charge in [-0.25, -0.2) is 0 Å². The Kier molecular flexibility index (Phi) is 37.3. The molecule has 15 nitrogen and oxygen atoms in total. The van der Waals surface area contributed by atoms with Gasteiger partial charge in [-0.1, -0.05) is 207 Å². The molecule has 0 amide bonds. The van der Waals surface area contributed by atoms with E-state index in [4.69, 9.17) is 42.1 Å². The first-order valence-corrected chi connectivity index (χ1v) is 32.5. The third-order valence-corrected chi connectivity index (χ3v) is 15.9. The standard InChI is InChI=1S/C71H97Cl2N3O12/c1-7-10-13-16-19-22-31-48-85-61-40-38-57(50-59(61)72)53-75-46-28-25-42-69(4,63(77)78)65(81)87-67(83)71(6,44-27-30-45-74-52-56-36-34-55(35-37-56)33-24-21-18-15-12-9-3)68(84)88-66(82)70(5,64(79)80)43-26-29-47-76-54-58-39-41-62(60(73)51-58)86-49-32-23-20-17-14-11-8-2/h34-41,50-51,74-76H,7-24,31-33,42-49,52-54H2,1-6H3,(H,77,78)(H,79,80). The number of nitrogens with one attached hydrogen (secondary N) is 3. The molecule has 17 heteroatoms. The summed E-state index contributed by atoms with van der Waals surface area (Å²) in [6.07, 6.45) is 22.8. The van der Waals surface area contributed by atoms with Gasteiger partial charge in [-0.2, -0.15) is 0 Å². The summed E-state index contributed by atoms with van der Waals surface area (Å²) in [5.41, 5.74) is -3.40. The number of carboxylic acids is 2. The van der Waals surface area contributed by atoms with Gasteiger partial charge in [-0.15, -0.1) is 17.8 Å². The molecule has 0 spiro atoms. The van der Waals surface area contributed by atoms with E-state index < -0.39 is 71.3 Å². The first kappa shape index (κ1) is 75.9. The molecule has 0 aliphatic heterocycles. The minimum atomic E-state index is -2.55. The maximum Gasteiger partial charge on any atom is 0.331 e. The van der Waals surface area contributed by atoms with Crippen molar-refractivity contribution in [3.63, 3.8) is 0 Å². The summed E-state index contributed by atoms with van der Waals surface area (Å²) in [5.74, 6) is 8.07. The molecular formula is C71H97Cl2N3O12. The van der Waals surface area contributed by atoms with Crippen molar-refractivity contribution < 1.29 is 57.9 Å². The number of esters is 4. The number of hydrogen-bond donors (Lipinski definition) is 5. The predicted molar refractivity (Wildman–Crippen MR) is 347 cm³/mol. The Morgan fingerprint density at radius 2 is 0.716 bits per heavy atom. The quantitative estimate of drug-likeness (QED) is 0.0154. The lowest BCUT2D eigenvalue weighted by Gasteiger charge is -2.27. The summed E-state index contributed by atoms with van der Waals surface area (Å²) in [6.45, 7) is 12.3. The number of hydrogen-bond acceptors (Lipinski definition) is 13. The van der Waals surface area contributed by atoms with Gasteiger partial charge in [0.05, 0.1) is 42.9 Å². The average molecular weight is 1260 g/mol. The Hall–Kier alpha value is -6.38. The Bertz CT molecular complexity index is 2700. The van der Waals surface area contributed by atoms with E-state index in [1.54, 1.807) is 24.3 Å². The third kappa shape index (κ3) is 28.4. The highest BCUT2D eigenvalue weighted by atomic mass is 35.5. The van der Waals surface area contributed by atoms with Crippen molar-refractivity contribution in [2.45, 2.75) is 215 Å². The monoisotopic (exact) mass is 1250 g/mol. The highest BCUT2D eigenvalue weighted by molar-refractivity contribution is 6.32. The Morgan fingerprint density at radius 1 is 0.409 bits per heavy atom. The zero-order valence-corrected chi connectivity index (χ0v) is 54.6. The molecule has 2 unspecified atom stereocenters. The summed E-state index contributed by atoms with van der Waals surface area (Å²) in [7, 11) is 0. The van der Waals surface area contributed by atoms with Crippen molar-refractivity contribution in [1.82, 2.24) is 16.0 Å². The molecule has 0 aromatic heterocycles. The molecule has 0 radical (unpaired) electrons. The molecule has 0 saturated carbocycles. The maximum atomic E-state index is 14.1. The zero-order valence-electron chi connectivity index (χ0n) is 53.1. The zero-order chi connectivity index (χ0) is 64.5. The van der Waals surface area contributed by atoms with Crippen molar-refractivity contribution >= 4 is 59.0 Å². The summed E-state index contributed by atoms with van der Waals surface area (Å²) in [4.78, 5) is 80.9. The number of aryl methyl sites for hydroxylation is 1. The molecule has 3 rings (SSSR count). The summed E-state index contributed by atoms with van der Waals surface area (Å²) < 4.78 is 22.1. The molecule has 0 heterocycles. The van der Waals surface area contributed by atoms with Gasteiger partial charge >= 0.3 is 35.8 Å². The van der Waals surface area contributed by atoms with E-state index in [1.165, 1.54) is 102 Å². The minimum absolute atomic E-state index is 0.0905. The number of carbonyl (C=O) groups excluding carboxylic acids is 4. The van der Waals surface area contributed by atoms with Gasteiger partial charge in [-0.05, 0) is 93.0 Å². The summed E-state index contributed by atoms with van der Waals surface area (Å²) in [5, 5.41) is 30.9. The molecule has 88 heavy (non-hydrogen) atoms. The molecule has 0 aliphatic carbocycles. The normalized spacial score (nSPS) is 12.9. The van der Waals surface area contributed by atoms with Crippen LogP contribution in [-0.2, 0) is 64.3 Å². The van der Waals surface area contributed by atoms with Crippen molar-refractivity contribution in [2.75, 3.05) is 32.8 Å². The summed E-state index contributed by atoms with van der Waals surface area (Å²) in [6, 6.07) is 19.2. The lowest BCUT2D eigenvalue weighted by atomic mass is 9.84. The van der Waals surface area contributed by atoms with Crippen molar-refractivity contribution in [3.8, 4) is 47.0 Å². The van der Waals surface area contributed by atoms with E-state index in [9.17, 15) is 39.0 Å². The van der Waals surface area contributed by atoms with E-state index >= 15 is 0 Å². The minimum Gasteiger partial charge on any atom is -0.492 e. The molecule has 0 saturated heterocycles. The second-order valence-corrected chi connectivity index (χ2v) is 24.0. The fraction of sp³-hybridized carbons (Fsp3) is 0.577. The van der Waals surface area contributed by atoms with Gasteiger partial charge in [0.15, 0.2) is 16.2 Å². The first-order valence-electron chi connectivity index (χ1n) is 31.7. The van der Waals surface area contributed by atoms with Crippen LogP contribution in [-0.4, -0.2) is 78.9 Å². The van der Waals surface area contributed by atoms with Crippen molar-refractivity contribution in [3.05, 3.63) is 93.0 Å². The van der Waals surface area contributed by atoms with Crippen LogP contribution in [0, 0.1) is 51.8 Å². The number of unbranched alkanes of at least 4 members (excludes halogenated alkanes) is 17. The van der Waals surface area contributed by atoms with E-state index in [0.29, 0.717) is 54.4 Å². The van der Waals surface area contributed by atoms with Gasteiger partial charge in [0.25, 0.3) is 0 Å². The Balaban J connectivity index is 1.67. The second-order valence-electron chi connectivity index (χ2n) is 23.2. The number of carbonyl (C=O) groups is 6. The van der Waals surface area contributed by atoms with Crippen molar-refractivity contribution in [2.24, 2.45) is 16.2 Å². The van der Waals surface area contributed by atoms with Gasteiger partial charge in [-0.3, -0.25) is 28.8 Å². The fourth-order valence-corrected chi connectivity index (χ4v) is 9.50. The molecule has 0 aliphatic rings. The topological polar surface area (TPSA) is 216 Å². The van der Waals surface area contributed by atoms with Crippen LogP contribution < -0.4 is 25.4 Å². The largest absolute Gasteiger partial charge is 0.492 e. The third-order valence-electron chi connectivity index (χ3n) is 15.3. The van der Waals surface area contributed by atoms with Gasteiger partial charge in [0, 0.05) is 38.9 Å². The number of rotatable bonds is 43. The molecule has 482 valence electrons. The van der Waals surface area contributed by atoms with E-state index in [1.807, 2.05) is 24.3 Å². The highest BCUT2D eigenvalue weighted by Crippen LogP contribution is 2.33. The average Bonchev–Trinajstić information content (AvgIpc) is 3.24. The first-order chi connectivity index (χ1) is 42.3. The van der Waals surface area contributed by atoms with Gasteiger partial charge in [0.2, 0.25) is 0 Å². The van der Waals surface area contributed by atoms with Crippen LogP contribution in [0.2, 0.25) is 10.0 Å². The lowest BCUT2D eigenvalue weighted by molar-refractivity contribution is -0.184. The van der Waals surface area contributed by atoms with E-state index in [-0.39, 0.29) is 19.6 Å². The SMILES string of the molecule is CCCCCCCCCOc1ccc(CNCC#CCC(C)(C(=O)O)C(=O)OC(=O)C(C)(CC#CCNCc2ccc(CCCCCCCC)cc2)C(=O)OC(=O)C(C)(CC#CCNCc2ccc(OCCCCCCCCC)c(Cl)c2)C(=O)O)cc1Cl.